The molecule has 2 aromatic heterocycles. The lowest BCUT2D eigenvalue weighted by Gasteiger charge is -2.14. The van der Waals surface area contributed by atoms with Crippen molar-refractivity contribution in [3.8, 4) is 67.5 Å². The van der Waals surface area contributed by atoms with Crippen LogP contribution in [0.2, 0.25) is 0 Å². The molecule has 0 atom stereocenters. The summed E-state index contributed by atoms with van der Waals surface area (Å²) in [6.07, 6.45) is 0. The fraction of sp³-hybridized carbons (Fsp3) is 0. The zero-order valence-corrected chi connectivity index (χ0v) is 28.6. The molecule has 0 aliphatic carbocycles. The molecule has 2 heterocycles. The average Bonchev–Trinajstić information content (AvgIpc) is 3.64. The van der Waals surface area contributed by atoms with Gasteiger partial charge in [-0.2, -0.15) is 0 Å². The number of furan rings is 1. The fourth-order valence-electron chi connectivity index (χ4n) is 7.38. The Morgan fingerprint density at radius 3 is 1.43 bits per heavy atom. The number of aromatic nitrogens is 3. The van der Waals surface area contributed by atoms with E-state index in [0.717, 1.165) is 82.8 Å². The third-order valence-electron chi connectivity index (χ3n) is 9.90. The molecule has 10 rings (SSSR count). The van der Waals surface area contributed by atoms with E-state index in [1.807, 2.05) is 48.5 Å². The lowest BCUT2D eigenvalue weighted by atomic mass is 9.93. The molecule has 0 radical (unpaired) electrons. The summed E-state index contributed by atoms with van der Waals surface area (Å²) in [6, 6.07) is 65.1. The van der Waals surface area contributed by atoms with E-state index in [9.17, 15) is 0 Å². The second-order valence-corrected chi connectivity index (χ2v) is 13.2. The molecule has 248 valence electrons. The number of fused-ring (bicyclic) bond motifs is 5. The fourth-order valence-corrected chi connectivity index (χ4v) is 7.38. The highest BCUT2D eigenvalue weighted by atomic mass is 16.3. The molecule has 0 spiro atoms. The topological polar surface area (TPSA) is 51.8 Å². The summed E-state index contributed by atoms with van der Waals surface area (Å²) in [7, 11) is 0. The van der Waals surface area contributed by atoms with E-state index in [-0.39, 0.29) is 0 Å². The molecule has 0 amide bonds. The van der Waals surface area contributed by atoms with E-state index in [4.69, 9.17) is 19.4 Å². The first-order valence-electron chi connectivity index (χ1n) is 17.8. The van der Waals surface area contributed by atoms with Crippen LogP contribution < -0.4 is 0 Å². The molecule has 0 fully saturated rings. The summed E-state index contributed by atoms with van der Waals surface area (Å²) in [5.74, 6) is 1.79. The lowest BCUT2D eigenvalue weighted by molar-refractivity contribution is 0.672. The predicted molar refractivity (Wildman–Crippen MR) is 217 cm³/mol. The first-order valence-corrected chi connectivity index (χ1v) is 17.8. The molecule has 53 heavy (non-hydrogen) atoms. The molecule has 0 bridgehead atoms. The Hall–Kier alpha value is -7.17. The molecule has 0 aliphatic rings. The first-order chi connectivity index (χ1) is 26.3. The maximum absolute atomic E-state index is 6.71. The number of hydrogen-bond donors (Lipinski definition) is 0. The van der Waals surface area contributed by atoms with E-state index in [1.54, 1.807) is 0 Å². The van der Waals surface area contributed by atoms with Crippen molar-refractivity contribution in [1.29, 1.82) is 0 Å². The largest absolute Gasteiger partial charge is 0.455 e. The molecule has 0 aliphatic heterocycles. The van der Waals surface area contributed by atoms with Gasteiger partial charge in [-0.3, -0.25) is 0 Å². The lowest BCUT2D eigenvalue weighted by Crippen LogP contribution is -2.01. The minimum Gasteiger partial charge on any atom is -0.455 e. The normalized spacial score (nSPS) is 11.4. The number of benzene rings is 8. The van der Waals surface area contributed by atoms with E-state index in [0.29, 0.717) is 17.5 Å². The quantitative estimate of drug-likeness (QED) is 0.176. The van der Waals surface area contributed by atoms with Crippen molar-refractivity contribution in [3.05, 3.63) is 188 Å². The number of para-hydroxylation sites is 1. The zero-order valence-electron chi connectivity index (χ0n) is 28.6. The van der Waals surface area contributed by atoms with E-state index in [2.05, 4.69) is 140 Å². The monoisotopic (exact) mass is 677 g/mol. The Morgan fingerprint density at radius 2 is 0.792 bits per heavy atom. The number of nitrogens with zero attached hydrogens (tertiary/aromatic N) is 3. The van der Waals surface area contributed by atoms with Crippen molar-refractivity contribution in [2.45, 2.75) is 0 Å². The van der Waals surface area contributed by atoms with Gasteiger partial charge in [0.15, 0.2) is 17.5 Å². The number of rotatable bonds is 6. The second-order valence-electron chi connectivity index (χ2n) is 13.2. The van der Waals surface area contributed by atoms with Crippen molar-refractivity contribution in [3.63, 3.8) is 0 Å². The molecule has 0 unspecified atom stereocenters. The van der Waals surface area contributed by atoms with Gasteiger partial charge in [-0.1, -0.05) is 158 Å². The highest BCUT2D eigenvalue weighted by Gasteiger charge is 2.22. The van der Waals surface area contributed by atoms with Crippen LogP contribution in [0.25, 0.3) is 100 Å². The van der Waals surface area contributed by atoms with Gasteiger partial charge in [0.25, 0.3) is 0 Å². The van der Waals surface area contributed by atoms with Crippen molar-refractivity contribution in [2.75, 3.05) is 0 Å². The van der Waals surface area contributed by atoms with Crippen LogP contribution in [0.4, 0.5) is 0 Å². The molecular formula is C49H31N3O. The highest BCUT2D eigenvalue weighted by Crippen LogP contribution is 2.43. The molecular weight excluding hydrogens is 647 g/mol. The molecule has 0 saturated heterocycles. The summed E-state index contributed by atoms with van der Waals surface area (Å²) in [5, 5.41) is 4.12. The molecule has 8 aromatic carbocycles. The van der Waals surface area contributed by atoms with E-state index in [1.165, 1.54) is 0 Å². The zero-order chi connectivity index (χ0) is 35.1. The van der Waals surface area contributed by atoms with Gasteiger partial charge in [-0.25, -0.2) is 15.0 Å². The summed E-state index contributed by atoms with van der Waals surface area (Å²) in [5.41, 5.74) is 11.0. The van der Waals surface area contributed by atoms with Crippen LogP contribution in [0, 0.1) is 0 Å². The number of hydrogen-bond acceptors (Lipinski definition) is 4. The summed E-state index contributed by atoms with van der Waals surface area (Å²) in [4.78, 5) is 15.8. The first kappa shape index (κ1) is 30.6. The van der Waals surface area contributed by atoms with Gasteiger partial charge in [-0.05, 0) is 69.1 Å². The third kappa shape index (κ3) is 5.54. The maximum Gasteiger partial charge on any atom is 0.164 e. The van der Waals surface area contributed by atoms with Crippen molar-refractivity contribution >= 4 is 32.7 Å². The SMILES string of the molecule is c1ccc(-c2cc(-c3ccccc3)cc(-c3nc(-c4ccccc4)nc(-c4cc5c(-c6ccccc6)cccc5c5oc6ccccc6c45)n3)c2)cc1. The van der Waals surface area contributed by atoms with Crippen molar-refractivity contribution < 1.29 is 4.42 Å². The molecule has 4 heteroatoms. The summed E-state index contributed by atoms with van der Waals surface area (Å²) in [6.45, 7) is 0. The Bertz CT molecular complexity index is 2860. The van der Waals surface area contributed by atoms with Gasteiger partial charge < -0.3 is 4.42 Å². The minimum atomic E-state index is 0.585. The second kappa shape index (κ2) is 12.9. The summed E-state index contributed by atoms with van der Waals surface area (Å²) < 4.78 is 6.71. The van der Waals surface area contributed by atoms with Crippen molar-refractivity contribution in [1.82, 2.24) is 15.0 Å². The van der Waals surface area contributed by atoms with Gasteiger partial charge in [-0.15, -0.1) is 0 Å². The Kier molecular flexibility index (Phi) is 7.43. The van der Waals surface area contributed by atoms with Gasteiger partial charge in [0.05, 0.1) is 0 Å². The molecule has 4 nitrogen and oxygen atoms in total. The van der Waals surface area contributed by atoms with Crippen LogP contribution in [-0.4, -0.2) is 15.0 Å². The Balaban J connectivity index is 1.29. The van der Waals surface area contributed by atoms with Crippen LogP contribution in [0.15, 0.2) is 192 Å². The van der Waals surface area contributed by atoms with E-state index < -0.39 is 0 Å². The average molecular weight is 678 g/mol. The van der Waals surface area contributed by atoms with Crippen LogP contribution in [-0.2, 0) is 0 Å². The Morgan fingerprint density at radius 1 is 0.302 bits per heavy atom. The van der Waals surface area contributed by atoms with E-state index >= 15 is 0 Å². The predicted octanol–water partition coefficient (Wildman–Crippen LogP) is 12.9. The van der Waals surface area contributed by atoms with Gasteiger partial charge in [0.2, 0.25) is 0 Å². The standard InChI is InChI=1S/C49H31N3O/c1-5-16-32(17-6-1)36-28-37(33-18-7-2-8-19-33)30-38(29-36)48-50-47(35-22-11-4-12-23-35)51-49(52-48)43-31-42-39(34-20-9-3-10-21-34)25-15-26-40(42)46-45(43)41-24-13-14-27-44(41)53-46/h1-31H. The van der Waals surface area contributed by atoms with Gasteiger partial charge in [0, 0.05) is 32.8 Å². The minimum absolute atomic E-state index is 0.585. The highest BCUT2D eigenvalue weighted by molar-refractivity contribution is 6.22. The van der Waals surface area contributed by atoms with Crippen LogP contribution in [0.3, 0.4) is 0 Å². The van der Waals surface area contributed by atoms with Gasteiger partial charge in [0.1, 0.15) is 11.2 Å². The molecule has 10 aromatic rings. The van der Waals surface area contributed by atoms with Crippen LogP contribution in [0.5, 0.6) is 0 Å². The Labute approximate surface area is 306 Å². The third-order valence-corrected chi connectivity index (χ3v) is 9.90. The van der Waals surface area contributed by atoms with Crippen LogP contribution in [0.1, 0.15) is 0 Å². The van der Waals surface area contributed by atoms with Gasteiger partial charge >= 0.3 is 0 Å². The van der Waals surface area contributed by atoms with Crippen molar-refractivity contribution in [2.24, 2.45) is 0 Å². The molecule has 0 N–H and O–H groups in total. The van der Waals surface area contributed by atoms with Crippen LogP contribution >= 0.6 is 0 Å². The smallest absolute Gasteiger partial charge is 0.164 e. The summed E-state index contributed by atoms with van der Waals surface area (Å²) >= 11 is 0. The molecule has 0 saturated carbocycles. The maximum atomic E-state index is 6.71.